The average Bonchev–Trinajstić information content (AvgIpc) is 2.26. The average molecular weight is 292 g/mol. The van der Waals surface area contributed by atoms with Crippen molar-refractivity contribution >= 4 is 5.91 Å². The molecule has 0 radical (unpaired) electrons. The van der Waals surface area contributed by atoms with E-state index in [2.05, 4.69) is 5.32 Å². The summed E-state index contributed by atoms with van der Waals surface area (Å²) in [5.74, 6) is -2.11. The van der Waals surface area contributed by atoms with Gasteiger partial charge in [-0.15, -0.1) is 0 Å². The maximum absolute atomic E-state index is 13.1. The van der Waals surface area contributed by atoms with Crippen LogP contribution in [0.3, 0.4) is 0 Å². The maximum atomic E-state index is 13.1. The zero-order valence-electron chi connectivity index (χ0n) is 11.1. The number of alkyl halides is 3. The fourth-order valence-corrected chi connectivity index (χ4v) is 1.69. The van der Waals surface area contributed by atoms with E-state index in [9.17, 15) is 22.4 Å². The molecule has 0 unspecified atom stereocenters. The lowest BCUT2D eigenvalue weighted by Gasteiger charge is -2.25. The van der Waals surface area contributed by atoms with Gasteiger partial charge in [0.2, 0.25) is 0 Å². The molecule has 3 N–H and O–H groups in total. The van der Waals surface area contributed by atoms with Crippen molar-refractivity contribution in [2.45, 2.75) is 32.0 Å². The van der Waals surface area contributed by atoms with Crippen molar-refractivity contribution in [3.8, 4) is 0 Å². The summed E-state index contributed by atoms with van der Waals surface area (Å²) >= 11 is 0. The number of nitrogens with two attached hydrogens (primary N) is 1. The van der Waals surface area contributed by atoms with Gasteiger partial charge in [0.1, 0.15) is 5.82 Å². The second kappa shape index (κ2) is 5.78. The third kappa shape index (κ3) is 4.19. The Morgan fingerprint density at radius 2 is 1.90 bits per heavy atom. The molecule has 112 valence electrons. The first-order valence-corrected chi connectivity index (χ1v) is 5.96. The van der Waals surface area contributed by atoms with Gasteiger partial charge in [0.25, 0.3) is 5.91 Å². The Labute approximate surface area is 114 Å². The molecule has 0 bridgehead atoms. The Balaban J connectivity index is 3.01. The standard InChI is InChI=1S/C13H16F4N2O/c1-12(2,5-6-18)19-11(20)8-3-4-10(14)9(7-8)13(15,16)17/h3-4,7H,5-6,18H2,1-2H3,(H,19,20). The van der Waals surface area contributed by atoms with Gasteiger partial charge in [0.05, 0.1) is 5.56 Å². The van der Waals surface area contributed by atoms with Gasteiger partial charge in [-0.1, -0.05) is 0 Å². The quantitative estimate of drug-likeness (QED) is 0.838. The van der Waals surface area contributed by atoms with Gasteiger partial charge >= 0.3 is 6.18 Å². The second-order valence-electron chi connectivity index (χ2n) is 5.07. The van der Waals surface area contributed by atoms with Crippen LogP contribution in [0.1, 0.15) is 36.2 Å². The van der Waals surface area contributed by atoms with Crippen molar-refractivity contribution in [2.75, 3.05) is 6.54 Å². The van der Waals surface area contributed by atoms with Crippen LogP contribution in [-0.4, -0.2) is 18.0 Å². The topological polar surface area (TPSA) is 55.1 Å². The lowest BCUT2D eigenvalue weighted by Crippen LogP contribution is -2.44. The molecule has 0 aromatic heterocycles. The highest BCUT2D eigenvalue weighted by molar-refractivity contribution is 5.94. The molecule has 1 aromatic rings. The molecular weight excluding hydrogens is 276 g/mol. The summed E-state index contributed by atoms with van der Waals surface area (Å²) < 4.78 is 50.8. The van der Waals surface area contributed by atoms with Crippen LogP contribution >= 0.6 is 0 Å². The summed E-state index contributed by atoms with van der Waals surface area (Å²) in [4.78, 5) is 11.9. The molecule has 3 nitrogen and oxygen atoms in total. The summed E-state index contributed by atoms with van der Waals surface area (Å²) in [6.45, 7) is 3.72. The molecule has 0 saturated heterocycles. The number of carbonyl (C=O) groups excluding carboxylic acids is 1. The van der Waals surface area contributed by atoms with Crippen molar-refractivity contribution in [1.82, 2.24) is 5.32 Å². The van der Waals surface area contributed by atoms with Crippen LogP contribution < -0.4 is 11.1 Å². The Kier molecular flexibility index (Phi) is 4.75. The van der Waals surface area contributed by atoms with E-state index in [1.807, 2.05) is 0 Å². The van der Waals surface area contributed by atoms with Gasteiger partial charge in [-0.3, -0.25) is 4.79 Å². The van der Waals surface area contributed by atoms with Crippen molar-refractivity contribution in [1.29, 1.82) is 0 Å². The summed E-state index contributed by atoms with van der Waals surface area (Å²) in [7, 11) is 0. The van der Waals surface area contributed by atoms with Crippen LogP contribution in [0.25, 0.3) is 0 Å². The highest BCUT2D eigenvalue weighted by atomic mass is 19.4. The molecule has 0 saturated carbocycles. The van der Waals surface area contributed by atoms with E-state index in [0.29, 0.717) is 25.1 Å². The number of rotatable bonds is 4. The van der Waals surface area contributed by atoms with Gasteiger partial charge in [-0.25, -0.2) is 4.39 Å². The Hall–Kier alpha value is -1.63. The highest BCUT2D eigenvalue weighted by Crippen LogP contribution is 2.31. The molecule has 20 heavy (non-hydrogen) atoms. The molecule has 7 heteroatoms. The van der Waals surface area contributed by atoms with Crippen LogP contribution in [0.2, 0.25) is 0 Å². The fraction of sp³-hybridized carbons (Fsp3) is 0.462. The smallest absolute Gasteiger partial charge is 0.347 e. The summed E-state index contributed by atoms with van der Waals surface area (Å²) in [5.41, 5.74) is 3.02. The predicted octanol–water partition coefficient (Wildman–Crippen LogP) is 2.70. The molecule has 0 spiro atoms. The molecule has 0 aliphatic heterocycles. The van der Waals surface area contributed by atoms with E-state index in [-0.39, 0.29) is 5.56 Å². The molecule has 0 aliphatic rings. The third-order valence-corrected chi connectivity index (χ3v) is 2.76. The zero-order valence-corrected chi connectivity index (χ0v) is 11.1. The van der Waals surface area contributed by atoms with Gasteiger partial charge in [-0.2, -0.15) is 13.2 Å². The highest BCUT2D eigenvalue weighted by Gasteiger charge is 2.35. The minimum Gasteiger partial charge on any atom is -0.347 e. The number of carbonyl (C=O) groups is 1. The number of hydrogen-bond acceptors (Lipinski definition) is 2. The normalized spacial score (nSPS) is 12.3. The lowest BCUT2D eigenvalue weighted by molar-refractivity contribution is -0.140. The first-order valence-electron chi connectivity index (χ1n) is 5.96. The van der Waals surface area contributed by atoms with Crippen molar-refractivity contribution in [2.24, 2.45) is 5.73 Å². The minimum absolute atomic E-state index is 0.246. The van der Waals surface area contributed by atoms with Crippen molar-refractivity contribution in [3.63, 3.8) is 0 Å². The molecule has 1 aromatic carbocycles. The van der Waals surface area contributed by atoms with Gasteiger partial charge in [-0.05, 0) is 45.0 Å². The van der Waals surface area contributed by atoms with Crippen LogP contribution in [0.15, 0.2) is 18.2 Å². The first-order chi connectivity index (χ1) is 9.07. The molecule has 0 atom stereocenters. The molecule has 1 amide bonds. The van der Waals surface area contributed by atoms with Crippen molar-refractivity contribution in [3.05, 3.63) is 35.1 Å². The second-order valence-corrected chi connectivity index (χ2v) is 5.07. The monoisotopic (exact) mass is 292 g/mol. The van der Waals surface area contributed by atoms with E-state index in [0.717, 1.165) is 6.07 Å². The fourth-order valence-electron chi connectivity index (χ4n) is 1.69. The summed E-state index contributed by atoms with van der Waals surface area (Å²) in [6, 6.07) is 2.15. The zero-order chi connectivity index (χ0) is 15.6. The largest absolute Gasteiger partial charge is 0.419 e. The summed E-state index contributed by atoms with van der Waals surface area (Å²) in [6.07, 6.45) is -4.38. The van der Waals surface area contributed by atoms with E-state index >= 15 is 0 Å². The van der Waals surface area contributed by atoms with Gasteiger partial charge < -0.3 is 11.1 Å². The number of halogens is 4. The lowest BCUT2D eigenvalue weighted by atomic mass is 9.99. The third-order valence-electron chi connectivity index (χ3n) is 2.76. The van der Waals surface area contributed by atoms with Crippen LogP contribution in [0.4, 0.5) is 17.6 Å². The SMILES string of the molecule is CC(C)(CCN)NC(=O)c1ccc(F)c(C(F)(F)F)c1. The van der Waals surface area contributed by atoms with E-state index < -0.39 is 29.0 Å². The van der Waals surface area contributed by atoms with E-state index in [4.69, 9.17) is 5.73 Å². The Bertz CT molecular complexity index is 498. The van der Waals surface area contributed by atoms with Crippen LogP contribution in [-0.2, 0) is 6.18 Å². The van der Waals surface area contributed by atoms with Gasteiger partial charge in [0, 0.05) is 11.1 Å². The Morgan fingerprint density at radius 3 is 2.40 bits per heavy atom. The summed E-state index contributed by atoms with van der Waals surface area (Å²) in [5, 5.41) is 2.56. The Morgan fingerprint density at radius 1 is 1.30 bits per heavy atom. The maximum Gasteiger partial charge on any atom is 0.419 e. The van der Waals surface area contributed by atoms with E-state index in [1.165, 1.54) is 0 Å². The van der Waals surface area contributed by atoms with Crippen LogP contribution in [0, 0.1) is 5.82 Å². The molecule has 0 aliphatic carbocycles. The predicted molar refractivity (Wildman–Crippen MR) is 66.6 cm³/mol. The van der Waals surface area contributed by atoms with Crippen LogP contribution in [0.5, 0.6) is 0 Å². The number of hydrogen-bond donors (Lipinski definition) is 2. The number of nitrogens with one attached hydrogen (secondary N) is 1. The number of amides is 1. The first kappa shape index (κ1) is 16.4. The van der Waals surface area contributed by atoms with Crippen molar-refractivity contribution < 1.29 is 22.4 Å². The number of benzene rings is 1. The van der Waals surface area contributed by atoms with Gasteiger partial charge in [0.15, 0.2) is 0 Å². The van der Waals surface area contributed by atoms with E-state index in [1.54, 1.807) is 13.8 Å². The minimum atomic E-state index is -4.84. The molecular formula is C13H16F4N2O. The molecule has 0 fully saturated rings. The molecule has 0 heterocycles. The molecule has 1 rings (SSSR count).